The molecule has 1 aromatic heterocycles. The van der Waals surface area contributed by atoms with E-state index in [0.29, 0.717) is 33.5 Å². The minimum atomic E-state index is -1.07. The smallest absolute Gasteiger partial charge is 0.257 e. The predicted molar refractivity (Wildman–Crippen MR) is 98.1 cm³/mol. The van der Waals surface area contributed by atoms with Crippen molar-refractivity contribution < 1.29 is 14.7 Å². The van der Waals surface area contributed by atoms with E-state index >= 15 is 0 Å². The first-order chi connectivity index (χ1) is 12.5. The summed E-state index contributed by atoms with van der Waals surface area (Å²) in [5.41, 5.74) is 2.33. The number of hydrogen-bond acceptors (Lipinski definition) is 4. The average Bonchev–Trinajstić information content (AvgIpc) is 2.91. The number of hydrogen-bond donors (Lipinski definition) is 1. The topological polar surface area (TPSA) is 70.5 Å². The van der Waals surface area contributed by atoms with Crippen molar-refractivity contribution in [3.05, 3.63) is 75.9 Å². The Morgan fingerprint density at radius 3 is 2.73 bits per heavy atom. The van der Waals surface area contributed by atoms with E-state index in [-0.39, 0.29) is 11.6 Å². The summed E-state index contributed by atoms with van der Waals surface area (Å²) in [5, 5.41) is 11.9. The molecule has 1 N–H and O–H groups in total. The molecule has 0 radical (unpaired) electrons. The molecule has 130 valence electrons. The third-order valence-corrected chi connectivity index (χ3v) is 5.11. The molecular formula is C20H15ClN2O3. The van der Waals surface area contributed by atoms with Crippen molar-refractivity contribution in [2.75, 3.05) is 0 Å². The van der Waals surface area contributed by atoms with Gasteiger partial charge in [-0.3, -0.25) is 9.59 Å². The number of carbonyl (C=O) groups excluding carboxylic acids is 2. The van der Waals surface area contributed by atoms with Crippen LogP contribution in [0.3, 0.4) is 0 Å². The summed E-state index contributed by atoms with van der Waals surface area (Å²) in [4.78, 5) is 30.1. The molecule has 2 heterocycles. The SMILES string of the molecule is C[C@@H](c1cc2cccc(Cl)c2nc1C=O)N1C(=O)c2ccccc2C1O. The van der Waals surface area contributed by atoms with Crippen LogP contribution in [0.4, 0.5) is 0 Å². The van der Waals surface area contributed by atoms with Crippen LogP contribution in [0, 0.1) is 0 Å². The second-order valence-corrected chi connectivity index (χ2v) is 6.65. The van der Waals surface area contributed by atoms with Gasteiger partial charge in [-0.25, -0.2) is 4.98 Å². The van der Waals surface area contributed by atoms with E-state index in [0.717, 1.165) is 5.39 Å². The molecule has 1 aliphatic heterocycles. The summed E-state index contributed by atoms with van der Waals surface area (Å²) in [6.07, 6.45) is -0.419. The van der Waals surface area contributed by atoms with E-state index in [9.17, 15) is 14.7 Å². The van der Waals surface area contributed by atoms with Gasteiger partial charge in [-0.15, -0.1) is 0 Å². The van der Waals surface area contributed by atoms with Gasteiger partial charge in [-0.05, 0) is 25.1 Å². The summed E-state index contributed by atoms with van der Waals surface area (Å²) >= 11 is 6.17. The largest absolute Gasteiger partial charge is 0.369 e. The number of aliphatic hydroxyl groups is 1. The Morgan fingerprint density at radius 1 is 1.23 bits per heavy atom. The molecule has 5 nitrogen and oxygen atoms in total. The van der Waals surface area contributed by atoms with Crippen LogP contribution in [-0.4, -0.2) is 27.2 Å². The fourth-order valence-electron chi connectivity index (χ4n) is 3.48. The van der Waals surface area contributed by atoms with Crippen LogP contribution < -0.4 is 0 Å². The summed E-state index contributed by atoms with van der Waals surface area (Å²) in [7, 11) is 0. The van der Waals surface area contributed by atoms with Gasteiger partial charge in [0.25, 0.3) is 5.91 Å². The van der Waals surface area contributed by atoms with Gasteiger partial charge < -0.3 is 10.0 Å². The van der Waals surface area contributed by atoms with E-state index in [1.165, 1.54) is 4.90 Å². The van der Waals surface area contributed by atoms with Gasteiger partial charge >= 0.3 is 0 Å². The molecule has 1 unspecified atom stereocenters. The van der Waals surface area contributed by atoms with Crippen LogP contribution in [-0.2, 0) is 0 Å². The summed E-state index contributed by atoms with van der Waals surface area (Å²) < 4.78 is 0. The van der Waals surface area contributed by atoms with Gasteiger partial charge in [-0.1, -0.05) is 41.9 Å². The predicted octanol–water partition coefficient (Wildman–Crippen LogP) is 3.91. The highest BCUT2D eigenvalue weighted by Gasteiger charge is 2.39. The quantitative estimate of drug-likeness (QED) is 0.713. The Labute approximate surface area is 154 Å². The minimum Gasteiger partial charge on any atom is -0.369 e. The van der Waals surface area contributed by atoms with Crippen molar-refractivity contribution in [2.45, 2.75) is 19.2 Å². The van der Waals surface area contributed by atoms with E-state index in [1.807, 2.05) is 6.07 Å². The second kappa shape index (κ2) is 6.20. The molecular weight excluding hydrogens is 352 g/mol. The molecule has 0 saturated carbocycles. The van der Waals surface area contributed by atoms with Crippen molar-refractivity contribution in [1.29, 1.82) is 0 Å². The molecule has 2 atom stereocenters. The highest BCUT2D eigenvalue weighted by atomic mass is 35.5. The molecule has 2 aromatic carbocycles. The number of amides is 1. The molecule has 4 rings (SSSR count). The molecule has 6 heteroatoms. The van der Waals surface area contributed by atoms with Gasteiger partial charge in [0.2, 0.25) is 0 Å². The Bertz CT molecular complexity index is 1050. The zero-order valence-corrected chi connectivity index (χ0v) is 14.6. The number of aliphatic hydroxyl groups excluding tert-OH is 1. The number of fused-ring (bicyclic) bond motifs is 2. The Hall–Kier alpha value is -2.76. The highest BCUT2D eigenvalue weighted by Crippen LogP contribution is 2.39. The normalized spacial score (nSPS) is 17.4. The number of rotatable bonds is 3. The second-order valence-electron chi connectivity index (χ2n) is 6.24. The molecule has 0 bridgehead atoms. The number of aromatic nitrogens is 1. The lowest BCUT2D eigenvalue weighted by molar-refractivity contribution is -0.000483. The zero-order chi connectivity index (χ0) is 18.4. The number of para-hydroxylation sites is 1. The summed E-state index contributed by atoms with van der Waals surface area (Å²) in [6.45, 7) is 1.77. The highest BCUT2D eigenvalue weighted by molar-refractivity contribution is 6.35. The van der Waals surface area contributed by atoms with Crippen LogP contribution in [0.25, 0.3) is 10.9 Å². The van der Waals surface area contributed by atoms with Crippen molar-refractivity contribution in [2.24, 2.45) is 0 Å². The van der Waals surface area contributed by atoms with Crippen molar-refractivity contribution in [1.82, 2.24) is 9.88 Å². The molecule has 1 amide bonds. The van der Waals surface area contributed by atoms with Crippen LogP contribution in [0.2, 0.25) is 5.02 Å². The number of carbonyl (C=O) groups is 2. The number of halogens is 1. The third kappa shape index (κ3) is 2.40. The maximum atomic E-state index is 12.8. The maximum absolute atomic E-state index is 12.8. The first-order valence-electron chi connectivity index (χ1n) is 8.17. The molecule has 0 spiro atoms. The minimum absolute atomic E-state index is 0.203. The van der Waals surface area contributed by atoms with Gasteiger partial charge in [-0.2, -0.15) is 0 Å². The van der Waals surface area contributed by atoms with Gasteiger partial charge in [0.05, 0.1) is 16.6 Å². The van der Waals surface area contributed by atoms with Crippen LogP contribution in [0.15, 0.2) is 48.5 Å². The number of nitrogens with zero attached hydrogens (tertiary/aromatic N) is 2. The Morgan fingerprint density at radius 2 is 2.00 bits per heavy atom. The summed E-state index contributed by atoms with van der Waals surface area (Å²) in [5.74, 6) is -0.274. The van der Waals surface area contributed by atoms with Gasteiger partial charge in [0.1, 0.15) is 5.69 Å². The van der Waals surface area contributed by atoms with Gasteiger partial charge in [0.15, 0.2) is 12.5 Å². The van der Waals surface area contributed by atoms with E-state index < -0.39 is 12.3 Å². The number of aldehydes is 1. The third-order valence-electron chi connectivity index (χ3n) is 4.80. The zero-order valence-electron chi connectivity index (χ0n) is 13.9. The molecule has 3 aromatic rings. The van der Waals surface area contributed by atoms with Crippen molar-refractivity contribution >= 4 is 34.7 Å². The first-order valence-corrected chi connectivity index (χ1v) is 8.54. The number of pyridine rings is 1. The maximum Gasteiger partial charge on any atom is 0.257 e. The average molecular weight is 367 g/mol. The monoisotopic (exact) mass is 366 g/mol. The lowest BCUT2D eigenvalue weighted by atomic mass is 10.0. The Kier molecular flexibility index (Phi) is 3.98. The molecule has 0 saturated heterocycles. The standard InChI is InChI=1S/C20H15ClN2O3/c1-11(23-19(25)13-6-2-3-7-14(13)20(23)26)15-9-12-5-4-8-16(21)18(12)22-17(15)10-24/h2-11,19,25H,1H3/t11-,19?/m0/s1. The lowest BCUT2D eigenvalue weighted by Gasteiger charge is -2.29. The fraction of sp³-hybridized carbons (Fsp3) is 0.150. The lowest BCUT2D eigenvalue weighted by Crippen LogP contribution is -2.31. The van der Waals surface area contributed by atoms with Crippen LogP contribution >= 0.6 is 11.6 Å². The number of benzene rings is 2. The Balaban J connectivity index is 1.83. The van der Waals surface area contributed by atoms with Crippen LogP contribution in [0.1, 0.15) is 51.2 Å². The van der Waals surface area contributed by atoms with E-state index in [2.05, 4.69) is 4.98 Å². The van der Waals surface area contributed by atoms with Crippen molar-refractivity contribution in [3.63, 3.8) is 0 Å². The van der Waals surface area contributed by atoms with E-state index in [4.69, 9.17) is 11.6 Å². The van der Waals surface area contributed by atoms with Crippen LogP contribution in [0.5, 0.6) is 0 Å². The molecule has 0 aliphatic carbocycles. The summed E-state index contributed by atoms with van der Waals surface area (Å²) in [6, 6.07) is 13.6. The van der Waals surface area contributed by atoms with Gasteiger partial charge in [0, 0.05) is 22.1 Å². The molecule has 1 aliphatic rings. The van der Waals surface area contributed by atoms with E-state index in [1.54, 1.807) is 49.4 Å². The molecule has 26 heavy (non-hydrogen) atoms. The fourth-order valence-corrected chi connectivity index (χ4v) is 3.70. The van der Waals surface area contributed by atoms with Crippen molar-refractivity contribution in [3.8, 4) is 0 Å². The molecule has 0 fully saturated rings. The first kappa shape index (κ1) is 16.7.